The minimum atomic E-state index is -0.482. The highest BCUT2D eigenvalue weighted by molar-refractivity contribution is 6.56. The zero-order chi connectivity index (χ0) is 19.2. The molecule has 2 aromatic carbocycles. The minimum Gasteiger partial charge on any atom is -0.507 e. The molecule has 1 aliphatic rings. The van der Waals surface area contributed by atoms with E-state index in [-0.39, 0.29) is 38.8 Å². The third-order valence-electron chi connectivity index (χ3n) is 4.43. The number of carbonyl (C=O) groups is 3. The van der Waals surface area contributed by atoms with E-state index in [4.69, 9.17) is 11.6 Å². The minimum absolute atomic E-state index is 0.0449. The number of hydrogen-bond acceptors (Lipinski definition) is 4. The number of hydrogen-bond donors (Lipinski definition) is 1. The van der Waals surface area contributed by atoms with Crippen LogP contribution in [0.25, 0.3) is 5.57 Å². The van der Waals surface area contributed by atoms with Crippen molar-refractivity contribution in [1.29, 1.82) is 0 Å². The predicted octanol–water partition coefficient (Wildman–Crippen LogP) is 4.53. The van der Waals surface area contributed by atoms with E-state index in [1.807, 2.05) is 20.8 Å². The van der Waals surface area contributed by atoms with Crippen molar-refractivity contribution in [1.82, 2.24) is 0 Å². The zero-order valence-corrected chi connectivity index (χ0v) is 15.3. The fraction of sp³-hybridized carbons (Fsp3) is 0.190. The monoisotopic (exact) mass is 368 g/mol. The van der Waals surface area contributed by atoms with Crippen LogP contribution in [-0.2, 0) is 5.41 Å². The molecule has 0 amide bonds. The van der Waals surface area contributed by atoms with E-state index in [1.165, 1.54) is 6.07 Å². The van der Waals surface area contributed by atoms with Crippen LogP contribution in [0.1, 0.15) is 63.0 Å². The van der Waals surface area contributed by atoms with E-state index >= 15 is 0 Å². The first kappa shape index (κ1) is 18.1. The second-order valence-corrected chi connectivity index (χ2v) is 7.60. The average molecular weight is 369 g/mol. The summed E-state index contributed by atoms with van der Waals surface area (Å²) in [6, 6.07) is 9.47. The highest BCUT2D eigenvalue weighted by Crippen LogP contribution is 2.39. The first-order valence-corrected chi connectivity index (χ1v) is 8.46. The largest absolute Gasteiger partial charge is 0.507 e. The third-order valence-corrected chi connectivity index (χ3v) is 4.79. The molecule has 0 bridgehead atoms. The highest BCUT2D eigenvalue weighted by Gasteiger charge is 2.33. The quantitative estimate of drug-likeness (QED) is 0.790. The Bertz CT molecular complexity index is 994. The Hall–Kier alpha value is -2.72. The molecule has 2 aromatic rings. The lowest BCUT2D eigenvalue weighted by Crippen LogP contribution is -2.20. The molecule has 0 saturated heterocycles. The second-order valence-electron chi connectivity index (χ2n) is 7.22. The van der Waals surface area contributed by atoms with Crippen LogP contribution in [-0.4, -0.2) is 23.0 Å². The van der Waals surface area contributed by atoms with Crippen molar-refractivity contribution < 1.29 is 19.5 Å². The van der Waals surface area contributed by atoms with Gasteiger partial charge in [-0.1, -0.05) is 56.6 Å². The second kappa shape index (κ2) is 6.22. The van der Waals surface area contributed by atoms with Gasteiger partial charge in [0.1, 0.15) is 10.8 Å². The Labute approximate surface area is 156 Å². The number of carbonyl (C=O) groups excluding carboxylic acids is 3. The SMILES string of the molecule is CC(C)(C)c1cc(C2=C(Cl)C(=O)c3ccccc3C2=O)cc(C=O)c1O. The van der Waals surface area contributed by atoms with Crippen molar-refractivity contribution in [3.05, 3.63) is 69.2 Å². The Morgan fingerprint density at radius 3 is 2.12 bits per heavy atom. The molecule has 0 fully saturated rings. The van der Waals surface area contributed by atoms with Crippen LogP contribution in [0.3, 0.4) is 0 Å². The number of ketones is 2. The number of phenolic OH excluding ortho intramolecular Hbond substituents is 1. The smallest absolute Gasteiger partial charge is 0.205 e. The zero-order valence-electron chi connectivity index (χ0n) is 14.6. The van der Waals surface area contributed by atoms with E-state index in [0.717, 1.165) is 0 Å². The summed E-state index contributed by atoms with van der Waals surface area (Å²) in [6.07, 6.45) is 0.519. The van der Waals surface area contributed by atoms with Gasteiger partial charge in [-0.05, 0) is 23.1 Å². The van der Waals surface area contributed by atoms with Gasteiger partial charge in [-0.15, -0.1) is 0 Å². The summed E-state index contributed by atoms with van der Waals surface area (Å²) in [6.45, 7) is 5.62. The lowest BCUT2D eigenvalue weighted by atomic mass is 9.80. The van der Waals surface area contributed by atoms with Crippen LogP contribution in [0.5, 0.6) is 5.75 Å². The molecule has 0 saturated carbocycles. The van der Waals surface area contributed by atoms with Crippen LogP contribution in [0, 0.1) is 0 Å². The third kappa shape index (κ3) is 2.76. The van der Waals surface area contributed by atoms with Crippen molar-refractivity contribution in [2.24, 2.45) is 0 Å². The Morgan fingerprint density at radius 2 is 1.58 bits per heavy atom. The van der Waals surface area contributed by atoms with Crippen molar-refractivity contribution >= 4 is 35.0 Å². The Balaban J connectivity index is 2.30. The normalized spacial score (nSPS) is 14.5. The van der Waals surface area contributed by atoms with E-state index in [0.29, 0.717) is 17.4 Å². The number of fused-ring (bicyclic) bond motifs is 1. The number of Topliss-reactive ketones (excluding diaryl/α,β-unsaturated/α-hetero) is 2. The maximum Gasteiger partial charge on any atom is 0.205 e. The summed E-state index contributed by atoms with van der Waals surface area (Å²) >= 11 is 6.25. The molecule has 0 radical (unpaired) electrons. The van der Waals surface area contributed by atoms with Gasteiger partial charge in [0, 0.05) is 16.7 Å². The summed E-state index contributed by atoms with van der Waals surface area (Å²) < 4.78 is 0. The molecule has 0 unspecified atom stereocenters. The summed E-state index contributed by atoms with van der Waals surface area (Å²) in [4.78, 5) is 37.0. The van der Waals surface area contributed by atoms with Gasteiger partial charge in [-0.25, -0.2) is 0 Å². The molecule has 1 N–H and O–H groups in total. The maximum atomic E-state index is 13.0. The molecule has 4 nitrogen and oxygen atoms in total. The van der Waals surface area contributed by atoms with Crippen molar-refractivity contribution in [3.8, 4) is 5.75 Å². The van der Waals surface area contributed by atoms with Gasteiger partial charge < -0.3 is 5.11 Å². The molecule has 0 aliphatic heterocycles. The lowest BCUT2D eigenvalue weighted by Gasteiger charge is -2.24. The summed E-state index contributed by atoms with van der Waals surface area (Å²) in [5.74, 6) is -0.953. The number of allylic oxidation sites excluding steroid dienone is 2. The van der Waals surface area contributed by atoms with Crippen LogP contribution in [0.2, 0.25) is 0 Å². The molecule has 26 heavy (non-hydrogen) atoms. The molecule has 1 aliphatic carbocycles. The maximum absolute atomic E-state index is 13.0. The number of aldehydes is 1. The van der Waals surface area contributed by atoms with Gasteiger partial charge in [-0.2, -0.15) is 0 Å². The van der Waals surface area contributed by atoms with Crippen LogP contribution < -0.4 is 0 Å². The highest BCUT2D eigenvalue weighted by atomic mass is 35.5. The molecule has 0 spiro atoms. The molecule has 3 rings (SSSR count). The molecule has 0 aromatic heterocycles. The fourth-order valence-corrected chi connectivity index (χ4v) is 3.36. The molecule has 5 heteroatoms. The van der Waals surface area contributed by atoms with Crippen molar-refractivity contribution in [2.45, 2.75) is 26.2 Å². The average Bonchev–Trinajstić information content (AvgIpc) is 2.60. The number of rotatable bonds is 2. The first-order valence-electron chi connectivity index (χ1n) is 8.08. The van der Waals surface area contributed by atoms with Gasteiger partial charge in [0.05, 0.1) is 11.1 Å². The van der Waals surface area contributed by atoms with Gasteiger partial charge in [-0.3, -0.25) is 14.4 Å². The standard InChI is InChI=1S/C21H17ClO4/c1-21(2,3)15-9-11(8-12(10-23)18(15)24)16-17(22)20(26)14-7-5-4-6-13(14)19(16)25/h4-10,24H,1-3H3. The van der Waals surface area contributed by atoms with Gasteiger partial charge in [0.25, 0.3) is 0 Å². The molecule has 0 heterocycles. The number of aromatic hydroxyl groups is 1. The Morgan fingerprint density at radius 1 is 1.00 bits per heavy atom. The van der Waals surface area contributed by atoms with Crippen LogP contribution in [0.15, 0.2) is 41.4 Å². The molecular weight excluding hydrogens is 352 g/mol. The van der Waals surface area contributed by atoms with Gasteiger partial charge >= 0.3 is 0 Å². The number of halogens is 1. The van der Waals surface area contributed by atoms with Gasteiger partial charge in [0.2, 0.25) is 5.78 Å². The van der Waals surface area contributed by atoms with E-state index in [9.17, 15) is 19.5 Å². The molecular formula is C21H17ClO4. The van der Waals surface area contributed by atoms with Crippen LogP contribution in [0.4, 0.5) is 0 Å². The van der Waals surface area contributed by atoms with E-state index in [1.54, 1.807) is 30.3 Å². The number of phenols is 1. The number of benzene rings is 2. The Kier molecular flexibility index (Phi) is 4.32. The lowest BCUT2D eigenvalue weighted by molar-refractivity contribution is 0.0998. The summed E-state index contributed by atoms with van der Waals surface area (Å²) in [5, 5.41) is 10.2. The van der Waals surface area contributed by atoms with Crippen molar-refractivity contribution in [3.63, 3.8) is 0 Å². The van der Waals surface area contributed by atoms with Gasteiger partial charge in [0.15, 0.2) is 12.1 Å². The van der Waals surface area contributed by atoms with Crippen LogP contribution >= 0.6 is 11.6 Å². The fourth-order valence-electron chi connectivity index (χ4n) is 3.07. The molecule has 132 valence electrons. The topological polar surface area (TPSA) is 71.4 Å². The predicted molar refractivity (Wildman–Crippen MR) is 100 cm³/mol. The summed E-state index contributed by atoms with van der Waals surface area (Å²) in [5.41, 5.74) is 0.977. The molecule has 0 atom stereocenters. The van der Waals surface area contributed by atoms with E-state index in [2.05, 4.69) is 0 Å². The van der Waals surface area contributed by atoms with E-state index < -0.39 is 11.2 Å². The van der Waals surface area contributed by atoms with Crippen molar-refractivity contribution in [2.75, 3.05) is 0 Å². The first-order chi connectivity index (χ1) is 12.2. The summed E-state index contributed by atoms with van der Waals surface area (Å²) in [7, 11) is 0.